The molecule has 2 atom stereocenters. The average Bonchev–Trinajstić information content (AvgIpc) is 2.17. The van der Waals surface area contributed by atoms with Gasteiger partial charge in [-0.15, -0.1) is 0 Å². The SMILES string of the molecule is O=C(O)CC1CCOC2(CCCSC2)C1. The number of carboxylic acid groups (broad SMARTS) is 1. The molecule has 2 aliphatic heterocycles. The Morgan fingerprint density at radius 3 is 3.13 bits per heavy atom. The first-order valence-electron chi connectivity index (χ1n) is 5.64. The van der Waals surface area contributed by atoms with Crippen LogP contribution in [0.3, 0.4) is 0 Å². The molecule has 2 heterocycles. The van der Waals surface area contributed by atoms with Gasteiger partial charge in [0.15, 0.2) is 0 Å². The van der Waals surface area contributed by atoms with Gasteiger partial charge < -0.3 is 9.84 Å². The molecule has 0 aliphatic carbocycles. The standard InChI is InChI=1S/C11H18O3S/c12-10(13)6-9-2-4-14-11(7-9)3-1-5-15-8-11/h9H,1-8H2,(H,12,13). The summed E-state index contributed by atoms with van der Waals surface area (Å²) in [5.74, 6) is 1.95. The van der Waals surface area contributed by atoms with Gasteiger partial charge >= 0.3 is 5.97 Å². The highest BCUT2D eigenvalue weighted by atomic mass is 32.2. The second-order valence-corrected chi connectivity index (χ2v) is 5.75. The molecule has 0 radical (unpaired) electrons. The molecule has 4 heteroatoms. The lowest BCUT2D eigenvalue weighted by Gasteiger charge is -2.42. The van der Waals surface area contributed by atoms with Crippen molar-refractivity contribution in [2.45, 2.75) is 37.7 Å². The van der Waals surface area contributed by atoms with E-state index in [1.165, 1.54) is 12.2 Å². The van der Waals surface area contributed by atoms with E-state index in [0.29, 0.717) is 12.3 Å². The molecule has 2 rings (SSSR count). The van der Waals surface area contributed by atoms with Crippen molar-refractivity contribution in [3.05, 3.63) is 0 Å². The third-order valence-electron chi connectivity index (χ3n) is 3.34. The van der Waals surface area contributed by atoms with Crippen LogP contribution in [0, 0.1) is 5.92 Å². The maximum absolute atomic E-state index is 10.7. The number of carbonyl (C=O) groups is 1. The van der Waals surface area contributed by atoms with Gasteiger partial charge in [-0.05, 0) is 37.4 Å². The van der Waals surface area contributed by atoms with Gasteiger partial charge in [-0.2, -0.15) is 11.8 Å². The van der Waals surface area contributed by atoms with Crippen LogP contribution >= 0.6 is 11.8 Å². The Kier molecular flexibility index (Phi) is 3.57. The van der Waals surface area contributed by atoms with Crippen LogP contribution in [-0.4, -0.2) is 34.8 Å². The smallest absolute Gasteiger partial charge is 0.303 e. The summed E-state index contributed by atoms with van der Waals surface area (Å²) in [7, 11) is 0. The van der Waals surface area contributed by atoms with Crippen molar-refractivity contribution in [1.29, 1.82) is 0 Å². The fourth-order valence-electron chi connectivity index (χ4n) is 2.65. The summed E-state index contributed by atoms with van der Waals surface area (Å²) in [6, 6.07) is 0. The fourth-order valence-corrected chi connectivity index (χ4v) is 3.86. The van der Waals surface area contributed by atoms with Gasteiger partial charge in [0.1, 0.15) is 0 Å². The number of thioether (sulfide) groups is 1. The molecule has 2 aliphatic rings. The van der Waals surface area contributed by atoms with Crippen LogP contribution in [0.25, 0.3) is 0 Å². The fraction of sp³-hybridized carbons (Fsp3) is 0.909. The van der Waals surface area contributed by atoms with Crippen molar-refractivity contribution >= 4 is 17.7 Å². The van der Waals surface area contributed by atoms with Crippen LogP contribution in [0.1, 0.15) is 32.1 Å². The minimum atomic E-state index is -0.666. The first-order chi connectivity index (χ1) is 7.20. The highest BCUT2D eigenvalue weighted by Crippen LogP contribution is 2.40. The topological polar surface area (TPSA) is 46.5 Å². The highest BCUT2D eigenvalue weighted by molar-refractivity contribution is 7.99. The van der Waals surface area contributed by atoms with Crippen molar-refractivity contribution in [3.8, 4) is 0 Å². The first-order valence-corrected chi connectivity index (χ1v) is 6.79. The summed E-state index contributed by atoms with van der Waals surface area (Å²) in [4.78, 5) is 10.7. The molecule has 2 saturated heterocycles. The predicted octanol–water partition coefficient (Wildman–Crippen LogP) is 2.15. The zero-order valence-corrected chi connectivity index (χ0v) is 9.72. The molecule has 3 nitrogen and oxygen atoms in total. The van der Waals surface area contributed by atoms with Gasteiger partial charge in [-0.1, -0.05) is 0 Å². The molecular weight excluding hydrogens is 212 g/mol. The molecule has 86 valence electrons. The minimum Gasteiger partial charge on any atom is -0.481 e. The molecule has 0 bridgehead atoms. The molecule has 1 spiro atoms. The van der Waals surface area contributed by atoms with Crippen LogP contribution in [0.2, 0.25) is 0 Å². The molecule has 1 N–H and O–H groups in total. The van der Waals surface area contributed by atoms with E-state index in [2.05, 4.69) is 0 Å². The van der Waals surface area contributed by atoms with Crippen molar-refractivity contribution in [2.24, 2.45) is 5.92 Å². The van der Waals surface area contributed by atoms with E-state index in [1.807, 2.05) is 11.8 Å². The van der Waals surface area contributed by atoms with Crippen LogP contribution < -0.4 is 0 Å². The van der Waals surface area contributed by atoms with Crippen LogP contribution in [0.4, 0.5) is 0 Å². The lowest BCUT2D eigenvalue weighted by Crippen LogP contribution is -2.44. The molecule has 2 unspecified atom stereocenters. The third kappa shape index (κ3) is 2.88. The Hall–Kier alpha value is -0.220. The van der Waals surface area contributed by atoms with Crippen LogP contribution in [0.5, 0.6) is 0 Å². The Balaban J connectivity index is 1.93. The van der Waals surface area contributed by atoms with Gasteiger partial charge in [0, 0.05) is 18.8 Å². The number of carboxylic acids is 1. The summed E-state index contributed by atoms with van der Waals surface area (Å²) in [5, 5.41) is 8.81. The Morgan fingerprint density at radius 2 is 2.47 bits per heavy atom. The third-order valence-corrected chi connectivity index (χ3v) is 4.65. The monoisotopic (exact) mass is 230 g/mol. The van der Waals surface area contributed by atoms with E-state index in [1.54, 1.807) is 0 Å². The van der Waals surface area contributed by atoms with E-state index in [4.69, 9.17) is 9.84 Å². The van der Waals surface area contributed by atoms with Gasteiger partial charge in [0.05, 0.1) is 5.60 Å². The lowest BCUT2D eigenvalue weighted by molar-refractivity contribution is -0.141. The molecule has 0 amide bonds. The van der Waals surface area contributed by atoms with Crippen LogP contribution in [-0.2, 0) is 9.53 Å². The van der Waals surface area contributed by atoms with Gasteiger partial charge in [-0.3, -0.25) is 4.79 Å². The number of hydrogen-bond donors (Lipinski definition) is 1. The molecule has 15 heavy (non-hydrogen) atoms. The number of hydrogen-bond acceptors (Lipinski definition) is 3. The maximum atomic E-state index is 10.7. The Bertz CT molecular complexity index is 230. The quantitative estimate of drug-likeness (QED) is 0.789. The van der Waals surface area contributed by atoms with Gasteiger partial charge in [0.2, 0.25) is 0 Å². The second kappa shape index (κ2) is 4.74. The summed E-state index contributed by atoms with van der Waals surface area (Å²) >= 11 is 1.95. The largest absolute Gasteiger partial charge is 0.481 e. The van der Waals surface area contributed by atoms with Crippen molar-refractivity contribution in [3.63, 3.8) is 0 Å². The molecular formula is C11H18O3S. The average molecular weight is 230 g/mol. The van der Waals surface area contributed by atoms with E-state index >= 15 is 0 Å². The lowest BCUT2D eigenvalue weighted by atomic mass is 9.82. The zero-order valence-electron chi connectivity index (χ0n) is 8.91. The molecule has 0 aromatic rings. The summed E-state index contributed by atoms with van der Waals surface area (Å²) < 4.78 is 5.90. The Labute approximate surface area is 94.6 Å². The number of ether oxygens (including phenoxy) is 1. The maximum Gasteiger partial charge on any atom is 0.303 e. The zero-order chi connectivity index (χ0) is 10.7. The van der Waals surface area contributed by atoms with Gasteiger partial charge in [0.25, 0.3) is 0 Å². The predicted molar refractivity (Wildman–Crippen MR) is 60.2 cm³/mol. The van der Waals surface area contributed by atoms with E-state index in [0.717, 1.165) is 31.6 Å². The van der Waals surface area contributed by atoms with Gasteiger partial charge in [-0.25, -0.2) is 0 Å². The number of aliphatic carboxylic acids is 1. The van der Waals surface area contributed by atoms with Crippen molar-refractivity contribution < 1.29 is 14.6 Å². The molecule has 0 aromatic heterocycles. The second-order valence-electron chi connectivity index (χ2n) is 4.64. The minimum absolute atomic E-state index is 0.0152. The summed E-state index contributed by atoms with van der Waals surface area (Å²) in [6.07, 6.45) is 4.52. The van der Waals surface area contributed by atoms with Crippen LogP contribution in [0.15, 0.2) is 0 Å². The normalized spacial score (nSPS) is 36.7. The highest BCUT2D eigenvalue weighted by Gasteiger charge is 2.39. The molecule has 0 saturated carbocycles. The van der Waals surface area contributed by atoms with Crippen molar-refractivity contribution in [2.75, 3.05) is 18.1 Å². The molecule has 0 aromatic carbocycles. The van der Waals surface area contributed by atoms with E-state index in [9.17, 15) is 4.79 Å². The molecule has 2 fully saturated rings. The Morgan fingerprint density at radius 1 is 1.60 bits per heavy atom. The van der Waals surface area contributed by atoms with E-state index < -0.39 is 5.97 Å². The summed E-state index contributed by atoms with van der Waals surface area (Å²) in [5.41, 5.74) is 0.0152. The van der Waals surface area contributed by atoms with E-state index in [-0.39, 0.29) is 5.60 Å². The first kappa shape index (κ1) is 11.3. The number of rotatable bonds is 2. The summed E-state index contributed by atoms with van der Waals surface area (Å²) in [6.45, 7) is 0.749. The van der Waals surface area contributed by atoms with Crippen molar-refractivity contribution in [1.82, 2.24) is 0 Å².